The van der Waals surface area contributed by atoms with Gasteiger partial charge >= 0.3 is 0 Å². The summed E-state index contributed by atoms with van der Waals surface area (Å²) in [6.07, 6.45) is -2.49. The molecular formula is C16H28O7. The summed E-state index contributed by atoms with van der Waals surface area (Å²) >= 11 is 0. The van der Waals surface area contributed by atoms with Crippen LogP contribution in [0.2, 0.25) is 0 Å². The predicted molar refractivity (Wildman–Crippen MR) is 81.4 cm³/mol. The smallest absolute Gasteiger partial charge is 0.187 e. The maximum absolute atomic E-state index is 10.1. The molecule has 0 aromatic carbocycles. The minimum Gasteiger partial charge on any atom is -0.394 e. The van der Waals surface area contributed by atoms with Crippen LogP contribution in [0.1, 0.15) is 33.1 Å². The fourth-order valence-electron chi connectivity index (χ4n) is 3.20. The van der Waals surface area contributed by atoms with Gasteiger partial charge in [0, 0.05) is 0 Å². The van der Waals surface area contributed by atoms with E-state index in [4.69, 9.17) is 9.47 Å². The Hall–Kier alpha value is -0.540. The molecule has 0 bridgehead atoms. The molecule has 1 heterocycles. The number of hydrogen-bond donors (Lipinski definition) is 5. The number of hydrogen-bond acceptors (Lipinski definition) is 7. The Balaban J connectivity index is 2.15. The Kier molecular flexibility index (Phi) is 6.18. The maximum Gasteiger partial charge on any atom is 0.187 e. The Morgan fingerprint density at radius 1 is 1.22 bits per heavy atom. The van der Waals surface area contributed by atoms with Gasteiger partial charge in [0.05, 0.1) is 18.8 Å². The van der Waals surface area contributed by atoms with Crippen molar-refractivity contribution >= 4 is 0 Å². The molecule has 6 atom stereocenters. The number of ether oxygens (including phenoxy) is 2. The zero-order valence-electron chi connectivity index (χ0n) is 13.6. The Morgan fingerprint density at radius 3 is 2.39 bits per heavy atom. The summed E-state index contributed by atoms with van der Waals surface area (Å²) in [6.45, 7) is 3.55. The highest BCUT2D eigenvalue weighted by Gasteiger charge is 2.48. The molecule has 0 aromatic rings. The minimum atomic E-state index is -1.44. The Bertz CT molecular complexity index is 423. The highest BCUT2D eigenvalue weighted by Crippen LogP contribution is 2.39. The van der Waals surface area contributed by atoms with Crippen LogP contribution in [0.15, 0.2) is 11.6 Å². The van der Waals surface area contributed by atoms with Gasteiger partial charge in [0.15, 0.2) is 6.29 Å². The van der Waals surface area contributed by atoms with Crippen molar-refractivity contribution < 1.29 is 35.0 Å². The van der Waals surface area contributed by atoms with Crippen molar-refractivity contribution in [3.05, 3.63) is 11.6 Å². The van der Waals surface area contributed by atoms with Crippen LogP contribution < -0.4 is 0 Å². The van der Waals surface area contributed by atoms with Crippen LogP contribution in [-0.2, 0) is 9.47 Å². The SMILES string of the molecule is CC(C)[C@@]1(O[C@@H]2O[C@H](CO)[C@@H](O)[C@H](O)[C@H]2O)CC=C(CO)CC1. The quantitative estimate of drug-likeness (QED) is 0.422. The monoisotopic (exact) mass is 332 g/mol. The second kappa shape index (κ2) is 7.57. The maximum atomic E-state index is 10.1. The van der Waals surface area contributed by atoms with Crippen LogP contribution in [-0.4, -0.2) is 75.1 Å². The van der Waals surface area contributed by atoms with Crippen molar-refractivity contribution in [2.45, 2.75) is 69.4 Å². The van der Waals surface area contributed by atoms with E-state index in [1.54, 1.807) is 0 Å². The molecule has 2 rings (SSSR count). The topological polar surface area (TPSA) is 120 Å². The lowest BCUT2D eigenvalue weighted by molar-refractivity contribution is -0.333. The zero-order chi connectivity index (χ0) is 17.2. The summed E-state index contributed by atoms with van der Waals surface area (Å²) in [7, 11) is 0. The van der Waals surface area contributed by atoms with E-state index in [0.717, 1.165) is 5.57 Å². The van der Waals surface area contributed by atoms with Crippen molar-refractivity contribution in [1.82, 2.24) is 0 Å². The molecule has 1 aliphatic carbocycles. The average molecular weight is 332 g/mol. The highest BCUT2D eigenvalue weighted by atomic mass is 16.7. The summed E-state index contributed by atoms with van der Waals surface area (Å²) in [5, 5.41) is 48.4. The summed E-state index contributed by atoms with van der Waals surface area (Å²) in [4.78, 5) is 0. The molecule has 134 valence electrons. The van der Waals surface area contributed by atoms with E-state index in [-0.39, 0.29) is 12.5 Å². The van der Waals surface area contributed by atoms with E-state index in [2.05, 4.69) is 0 Å². The lowest BCUT2D eigenvalue weighted by Crippen LogP contribution is -2.61. The van der Waals surface area contributed by atoms with Gasteiger partial charge < -0.3 is 35.0 Å². The molecule has 7 heteroatoms. The molecule has 0 unspecified atom stereocenters. The van der Waals surface area contributed by atoms with Crippen LogP contribution in [0.25, 0.3) is 0 Å². The van der Waals surface area contributed by atoms with Crippen LogP contribution in [0.4, 0.5) is 0 Å². The average Bonchev–Trinajstić information content (AvgIpc) is 2.55. The molecule has 1 fully saturated rings. The molecule has 0 amide bonds. The van der Waals surface area contributed by atoms with Gasteiger partial charge in [-0.3, -0.25) is 0 Å². The van der Waals surface area contributed by atoms with Gasteiger partial charge in [0.2, 0.25) is 0 Å². The number of aliphatic hydroxyl groups is 5. The molecule has 0 radical (unpaired) electrons. The van der Waals surface area contributed by atoms with Crippen LogP contribution >= 0.6 is 0 Å². The summed E-state index contributed by atoms with van der Waals surface area (Å²) in [6, 6.07) is 0. The molecule has 0 aromatic heterocycles. The second-order valence-electron chi connectivity index (χ2n) is 6.76. The number of rotatable bonds is 5. The van der Waals surface area contributed by atoms with Crippen LogP contribution in [0.5, 0.6) is 0 Å². The normalized spacial score (nSPS) is 41.9. The number of aliphatic hydroxyl groups excluding tert-OH is 5. The largest absolute Gasteiger partial charge is 0.394 e. The van der Waals surface area contributed by atoms with Gasteiger partial charge in [-0.2, -0.15) is 0 Å². The van der Waals surface area contributed by atoms with E-state index in [9.17, 15) is 25.5 Å². The zero-order valence-corrected chi connectivity index (χ0v) is 13.6. The lowest BCUT2D eigenvalue weighted by atomic mass is 9.77. The van der Waals surface area contributed by atoms with Crippen molar-refractivity contribution in [1.29, 1.82) is 0 Å². The highest BCUT2D eigenvalue weighted by molar-refractivity contribution is 5.12. The molecule has 2 aliphatic rings. The summed E-state index contributed by atoms with van der Waals surface area (Å²) < 4.78 is 11.5. The van der Waals surface area contributed by atoms with E-state index in [0.29, 0.717) is 19.3 Å². The van der Waals surface area contributed by atoms with Crippen molar-refractivity contribution in [2.24, 2.45) is 5.92 Å². The predicted octanol–water partition coefficient (Wildman–Crippen LogP) is -0.700. The molecule has 0 saturated carbocycles. The third-order valence-electron chi connectivity index (χ3n) is 5.06. The fourth-order valence-corrected chi connectivity index (χ4v) is 3.20. The molecule has 7 nitrogen and oxygen atoms in total. The second-order valence-corrected chi connectivity index (χ2v) is 6.76. The lowest BCUT2D eigenvalue weighted by Gasteiger charge is -2.47. The van der Waals surface area contributed by atoms with Crippen molar-refractivity contribution in [3.8, 4) is 0 Å². The van der Waals surface area contributed by atoms with E-state index < -0.39 is 42.9 Å². The minimum absolute atomic E-state index is 0.0220. The summed E-state index contributed by atoms with van der Waals surface area (Å²) in [5.74, 6) is 0.117. The third-order valence-corrected chi connectivity index (χ3v) is 5.06. The van der Waals surface area contributed by atoms with Crippen LogP contribution in [0, 0.1) is 5.92 Å². The van der Waals surface area contributed by atoms with Crippen molar-refractivity contribution in [3.63, 3.8) is 0 Å². The van der Waals surface area contributed by atoms with E-state index in [1.807, 2.05) is 19.9 Å². The van der Waals surface area contributed by atoms with Crippen LogP contribution in [0.3, 0.4) is 0 Å². The van der Waals surface area contributed by atoms with Gasteiger partial charge in [-0.15, -0.1) is 0 Å². The van der Waals surface area contributed by atoms with Gasteiger partial charge in [0.25, 0.3) is 0 Å². The van der Waals surface area contributed by atoms with Gasteiger partial charge in [-0.25, -0.2) is 0 Å². The molecule has 1 saturated heterocycles. The third kappa shape index (κ3) is 3.76. The molecular weight excluding hydrogens is 304 g/mol. The first kappa shape index (κ1) is 18.8. The summed E-state index contributed by atoms with van der Waals surface area (Å²) in [5.41, 5.74) is 0.366. The molecule has 1 aliphatic heterocycles. The molecule has 0 spiro atoms. The Morgan fingerprint density at radius 2 is 1.91 bits per heavy atom. The van der Waals surface area contributed by atoms with E-state index in [1.165, 1.54) is 0 Å². The molecule has 5 N–H and O–H groups in total. The first-order valence-electron chi connectivity index (χ1n) is 8.11. The molecule has 23 heavy (non-hydrogen) atoms. The van der Waals surface area contributed by atoms with Gasteiger partial charge in [-0.1, -0.05) is 19.9 Å². The van der Waals surface area contributed by atoms with Gasteiger partial charge in [0.1, 0.15) is 24.4 Å². The van der Waals surface area contributed by atoms with E-state index >= 15 is 0 Å². The first-order chi connectivity index (χ1) is 10.8. The van der Waals surface area contributed by atoms with Gasteiger partial charge in [-0.05, 0) is 30.8 Å². The standard InChI is InChI=1S/C16H28O7/c1-9(2)16(5-3-10(7-17)4-6-16)23-15-14(21)13(20)12(19)11(8-18)22-15/h3,9,11-15,17-21H,4-8H2,1-2H3/t11-,12-,13+,14-,15+,16-/m1/s1. The van der Waals surface area contributed by atoms with Crippen molar-refractivity contribution in [2.75, 3.05) is 13.2 Å². The first-order valence-corrected chi connectivity index (χ1v) is 8.11. The fraction of sp³-hybridized carbons (Fsp3) is 0.875. The Labute approximate surface area is 136 Å².